The molecule has 0 aromatic heterocycles. The van der Waals surface area contributed by atoms with Crippen LogP contribution in [0.5, 0.6) is 0 Å². The van der Waals surface area contributed by atoms with Crippen molar-refractivity contribution >= 4 is 27.8 Å². The zero-order chi connectivity index (χ0) is 21.8. The first-order chi connectivity index (χ1) is 12.5. The molecule has 2 N–H and O–H groups in total. The van der Waals surface area contributed by atoms with Crippen LogP contribution in [0, 0.1) is 0 Å². The van der Waals surface area contributed by atoms with E-state index in [1.807, 2.05) is 0 Å². The summed E-state index contributed by atoms with van der Waals surface area (Å²) >= 11 is 0. The van der Waals surface area contributed by atoms with Gasteiger partial charge in [-0.2, -0.15) is 0 Å². The molecule has 8 nitrogen and oxygen atoms in total. The zero-order valence-electron chi connectivity index (χ0n) is 17.5. The maximum absolute atomic E-state index is 12.6. The number of benzene rings is 1. The molecule has 1 rings (SSSR count). The molecule has 0 aliphatic rings. The molecule has 0 saturated carbocycles. The Morgan fingerprint density at radius 1 is 1.04 bits per heavy atom. The first kappa shape index (κ1) is 23.7. The Labute approximate surface area is 167 Å². The summed E-state index contributed by atoms with van der Waals surface area (Å²) in [7, 11) is -3.43. The molecule has 0 spiro atoms. The predicted molar refractivity (Wildman–Crippen MR) is 108 cm³/mol. The lowest BCUT2D eigenvalue weighted by molar-refractivity contribution is -0.157. The molecule has 158 valence electrons. The molecule has 0 heterocycles. The summed E-state index contributed by atoms with van der Waals surface area (Å²) in [6.07, 6.45) is 0.412. The van der Waals surface area contributed by atoms with Gasteiger partial charge in [-0.1, -0.05) is 12.1 Å². The molecule has 1 atom stereocenters. The third-order valence-corrected chi connectivity index (χ3v) is 3.66. The van der Waals surface area contributed by atoms with Crippen molar-refractivity contribution in [3.63, 3.8) is 0 Å². The van der Waals surface area contributed by atoms with Crippen molar-refractivity contribution in [2.24, 2.45) is 0 Å². The number of alkyl carbamates (subject to hydrolysis) is 1. The largest absolute Gasteiger partial charge is 0.458 e. The molecule has 0 aliphatic heterocycles. The molecular weight excluding hydrogens is 384 g/mol. The minimum absolute atomic E-state index is 0.105. The first-order valence-electron chi connectivity index (χ1n) is 8.83. The second-order valence-corrected chi connectivity index (χ2v) is 10.3. The summed E-state index contributed by atoms with van der Waals surface area (Å²) < 4.78 is 35.8. The van der Waals surface area contributed by atoms with Crippen molar-refractivity contribution in [1.29, 1.82) is 0 Å². The number of hydrogen-bond acceptors (Lipinski definition) is 6. The van der Waals surface area contributed by atoms with Gasteiger partial charge in [0.15, 0.2) is 0 Å². The van der Waals surface area contributed by atoms with Gasteiger partial charge < -0.3 is 14.8 Å². The van der Waals surface area contributed by atoms with E-state index in [1.54, 1.807) is 65.8 Å². The van der Waals surface area contributed by atoms with E-state index in [4.69, 9.17) is 9.47 Å². The highest BCUT2D eigenvalue weighted by Gasteiger charge is 2.29. The fraction of sp³-hybridized carbons (Fsp3) is 0.579. The van der Waals surface area contributed by atoms with Crippen molar-refractivity contribution in [3.8, 4) is 0 Å². The van der Waals surface area contributed by atoms with Crippen LogP contribution < -0.4 is 10.0 Å². The Morgan fingerprint density at radius 2 is 1.61 bits per heavy atom. The summed E-state index contributed by atoms with van der Waals surface area (Å²) in [5.41, 5.74) is -0.451. The summed E-state index contributed by atoms with van der Waals surface area (Å²) in [5.74, 6) is -0.611. The number of esters is 1. The van der Waals surface area contributed by atoms with Crippen molar-refractivity contribution in [2.75, 3.05) is 11.0 Å². The number of carbonyl (C=O) groups excluding carboxylic acids is 2. The molecule has 0 saturated heterocycles. The Kier molecular flexibility index (Phi) is 7.47. The number of ether oxygens (including phenoxy) is 2. The lowest BCUT2D eigenvalue weighted by Gasteiger charge is -2.26. The van der Waals surface area contributed by atoms with Gasteiger partial charge in [0.25, 0.3) is 0 Å². The van der Waals surface area contributed by atoms with Gasteiger partial charge in [0.2, 0.25) is 10.0 Å². The van der Waals surface area contributed by atoms with E-state index in [-0.39, 0.29) is 6.42 Å². The molecule has 0 aliphatic carbocycles. The second kappa shape index (κ2) is 8.81. The molecular formula is C19H30N2O6S. The first-order valence-corrected chi connectivity index (χ1v) is 10.7. The van der Waals surface area contributed by atoms with E-state index in [2.05, 4.69) is 10.0 Å². The van der Waals surface area contributed by atoms with Crippen LogP contribution in [0.4, 0.5) is 10.5 Å². The molecule has 1 aromatic carbocycles. The highest BCUT2D eigenvalue weighted by Crippen LogP contribution is 2.16. The molecule has 28 heavy (non-hydrogen) atoms. The summed E-state index contributed by atoms with van der Waals surface area (Å²) in [6.45, 7) is 10.3. The number of anilines is 1. The van der Waals surface area contributed by atoms with Gasteiger partial charge in [0.1, 0.15) is 17.2 Å². The molecule has 0 bridgehead atoms. The van der Waals surface area contributed by atoms with Crippen molar-refractivity contribution < 1.29 is 27.5 Å². The van der Waals surface area contributed by atoms with Crippen LogP contribution in [0.1, 0.15) is 47.1 Å². The van der Waals surface area contributed by atoms with E-state index in [1.165, 1.54) is 0 Å². The fourth-order valence-corrected chi connectivity index (χ4v) is 2.78. The number of amides is 1. The summed E-state index contributed by atoms with van der Waals surface area (Å²) in [4.78, 5) is 24.7. The average molecular weight is 415 g/mol. The minimum Gasteiger partial charge on any atom is -0.458 e. The van der Waals surface area contributed by atoms with Crippen LogP contribution in [-0.2, 0) is 30.7 Å². The Hall–Kier alpha value is -2.29. The van der Waals surface area contributed by atoms with E-state index in [9.17, 15) is 18.0 Å². The van der Waals surface area contributed by atoms with Gasteiger partial charge in [0, 0.05) is 12.1 Å². The minimum atomic E-state index is -3.43. The molecule has 9 heteroatoms. The third-order valence-electron chi connectivity index (χ3n) is 3.05. The number of carbonyl (C=O) groups is 2. The SMILES string of the molecule is CC(C)(C)OC(=O)N[C@@H](Cc1cccc(NS(C)(=O)=O)c1)C(=O)OC(C)(C)C. The summed E-state index contributed by atoms with van der Waals surface area (Å²) in [6, 6.07) is 5.57. The van der Waals surface area contributed by atoms with E-state index in [0.29, 0.717) is 11.3 Å². The Morgan fingerprint density at radius 3 is 2.11 bits per heavy atom. The smallest absolute Gasteiger partial charge is 0.408 e. The van der Waals surface area contributed by atoms with E-state index < -0.39 is 39.3 Å². The van der Waals surface area contributed by atoms with Gasteiger partial charge in [-0.15, -0.1) is 0 Å². The van der Waals surface area contributed by atoms with E-state index in [0.717, 1.165) is 6.26 Å². The maximum Gasteiger partial charge on any atom is 0.408 e. The van der Waals surface area contributed by atoms with E-state index >= 15 is 0 Å². The second-order valence-electron chi connectivity index (χ2n) is 8.51. The number of sulfonamides is 1. The fourth-order valence-electron chi connectivity index (χ4n) is 2.23. The van der Waals surface area contributed by atoms with Crippen LogP contribution >= 0.6 is 0 Å². The Bertz CT molecular complexity index is 806. The highest BCUT2D eigenvalue weighted by atomic mass is 32.2. The van der Waals surface area contributed by atoms with Gasteiger partial charge in [0.05, 0.1) is 6.26 Å². The van der Waals surface area contributed by atoms with Gasteiger partial charge in [-0.25, -0.2) is 18.0 Å². The third kappa shape index (κ3) is 10.1. The van der Waals surface area contributed by atoms with Crippen molar-refractivity contribution in [2.45, 2.75) is 65.2 Å². The van der Waals surface area contributed by atoms with Crippen molar-refractivity contribution in [1.82, 2.24) is 5.32 Å². The highest BCUT2D eigenvalue weighted by molar-refractivity contribution is 7.92. The van der Waals surface area contributed by atoms with Gasteiger partial charge >= 0.3 is 12.1 Å². The molecule has 0 unspecified atom stereocenters. The lowest BCUT2D eigenvalue weighted by Crippen LogP contribution is -2.47. The van der Waals surface area contributed by atoms with Crippen LogP contribution in [0.3, 0.4) is 0 Å². The molecule has 0 radical (unpaired) electrons. The average Bonchev–Trinajstić information content (AvgIpc) is 2.41. The normalized spacial score (nSPS) is 13.4. The Balaban J connectivity index is 3.03. The zero-order valence-corrected chi connectivity index (χ0v) is 18.3. The maximum atomic E-state index is 12.6. The standard InChI is InChI=1S/C19H30N2O6S/c1-18(2,3)26-16(22)15(20-17(23)27-19(4,5)6)12-13-9-8-10-14(11-13)21-28(7,24)25/h8-11,15,21H,12H2,1-7H3,(H,20,23)/t15-/m0/s1. The van der Waals surface area contributed by atoms with Crippen LogP contribution in [0.15, 0.2) is 24.3 Å². The number of hydrogen-bond donors (Lipinski definition) is 2. The van der Waals surface area contributed by atoms with Gasteiger partial charge in [-0.3, -0.25) is 4.72 Å². The van der Waals surface area contributed by atoms with Gasteiger partial charge in [-0.05, 0) is 59.2 Å². The number of nitrogens with one attached hydrogen (secondary N) is 2. The monoisotopic (exact) mass is 414 g/mol. The van der Waals surface area contributed by atoms with Crippen LogP contribution in [0.25, 0.3) is 0 Å². The topological polar surface area (TPSA) is 111 Å². The predicted octanol–water partition coefficient (Wildman–Crippen LogP) is 2.84. The van der Waals surface area contributed by atoms with Crippen molar-refractivity contribution in [3.05, 3.63) is 29.8 Å². The number of rotatable bonds is 6. The molecule has 1 aromatic rings. The quantitative estimate of drug-likeness (QED) is 0.693. The summed E-state index contributed by atoms with van der Waals surface area (Å²) in [5, 5.41) is 2.54. The lowest BCUT2D eigenvalue weighted by atomic mass is 10.0. The van der Waals surface area contributed by atoms with Crippen LogP contribution in [0.2, 0.25) is 0 Å². The van der Waals surface area contributed by atoms with Crippen LogP contribution in [-0.4, -0.2) is 44.0 Å². The molecule has 0 fully saturated rings. The molecule has 1 amide bonds.